The van der Waals surface area contributed by atoms with Crippen LogP contribution in [0.1, 0.15) is 58.4 Å². The van der Waals surface area contributed by atoms with Crippen LogP contribution in [0.3, 0.4) is 0 Å². The van der Waals surface area contributed by atoms with Crippen molar-refractivity contribution in [2.45, 2.75) is 45.6 Å². The summed E-state index contributed by atoms with van der Waals surface area (Å²) in [7, 11) is 0. The number of nitrogens with zero attached hydrogens (tertiary/aromatic N) is 4. The summed E-state index contributed by atoms with van der Waals surface area (Å²) in [4.78, 5) is 19.8. The highest BCUT2D eigenvalue weighted by molar-refractivity contribution is 5.90. The number of hydrogen-bond donors (Lipinski definition) is 1. The third-order valence-electron chi connectivity index (χ3n) is 7.98. The lowest BCUT2D eigenvalue weighted by Crippen LogP contribution is -2.26. The monoisotopic (exact) mass is 521 g/mol. The number of esters is 1. The van der Waals surface area contributed by atoms with Crippen LogP contribution >= 0.6 is 0 Å². The van der Waals surface area contributed by atoms with E-state index < -0.39 is 0 Å². The molecule has 0 atom stereocenters. The topological polar surface area (TPSA) is 72.3 Å². The minimum Gasteiger partial charge on any atom is -0.462 e. The van der Waals surface area contributed by atoms with E-state index in [-0.39, 0.29) is 5.97 Å². The Morgan fingerprint density at radius 1 is 1.05 bits per heavy atom. The zero-order chi connectivity index (χ0) is 26.8. The van der Waals surface area contributed by atoms with E-state index in [9.17, 15) is 4.79 Å². The smallest absolute Gasteiger partial charge is 0.341 e. The Kier molecular flexibility index (Phi) is 7.16. The van der Waals surface area contributed by atoms with Crippen LogP contribution in [0.2, 0.25) is 0 Å². The molecule has 1 fully saturated rings. The second-order valence-electron chi connectivity index (χ2n) is 10.4. The van der Waals surface area contributed by atoms with E-state index >= 15 is 0 Å². The molecule has 0 bridgehead atoms. The van der Waals surface area contributed by atoms with Crippen molar-refractivity contribution in [3.63, 3.8) is 0 Å². The first-order valence-electron chi connectivity index (χ1n) is 14.0. The van der Waals surface area contributed by atoms with Gasteiger partial charge in [0.1, 0.15) is 5.56 Å². The molecule has 200 valence electrons. The van der Waals surface area contributed by atoms with Gasteiger partial charge in [-0.2, -0.15) is 5.10 Å². The minimum absolute atomic E-state index is 0.329. The van der Waals surface area contributed by atoms with E-state index in [1.807, 2.05) is 19.1 Å². The predicted octanol–water partition coefficient (Wildman–Crippen LogP) is 5.45. The van der Waals surface area contributed by atoms with Crippen molar-refractivity contribution in [1.82, 2.24) is 20.1 Å². The zero-order valence-corrected chi connectivity index (χ0v) is 22.7. The average molecular weight is 522 g/mol. The number of para-hydroxylation sites is 1. The van der Waals surface area contributed by atoms with Crippen molar-refractivity contribution in [1.29, 1.82) is 0 Å². The van der Waals surface area contributed by atoms with Crippen molar-refractivity contribution in [3.8, 4) is 17.1 Å². The number of nitrogens with one attached hydrogen (secondary N) is 1. The van der Waals surface area contributed by atoms with Gasteiger partial charge in [0.05, 0.1) is 24.2 Å². The summed E-state index contributed by atoms with van der Waals surface area (Å²) >= 11 is 0. The molecule has 0 saturated carbocycles. The van der Waals surface area contributed by atoms with Crippen LogP contribution in [0.5, 0.6) is 0 Å². The van der Waals surface area contributed by atoms with E-state index in [1.165, 1.54) is 35.2 Å². The Morgan fingerprint density at radius 3 is 2.64 bits per heavy atom. The van der Waals surface area contributed by atoms with Gasteiger partial charge >= 0.3 is 5.97 Å². The number of ether oxygens (including phenoxy) is 1. The number of rotatable bonds is 7. The lowest BCUT2D eigenvalue weighted by Gasteiger charge is -2.24. The van der Waals surface area contributed by atoms with Crippen LogP contribution in [0.25, 0.3) is 17.1 Å². The van der Waals surface area contributed by atoms with Gasteiger partial charge in [-0.25, -0.2) is 14.5 Å². The molecule has 2 aromatic carbocycles. The van der Waals surface area contributed by atoms with Crippen molar-refractivity contribution in [3.05, 3.63) is 94.8 Å². The molecule has 2 aromatic heterocycles. The highest BCUT2D eigenvalue weighted by Crippen LogP contribution is 2.38. The molecule has 7 nitrogen and oxygen atoms in total. The highest BCUT2D eigenvalue weighted by atomic mass is 16.5. The normalized spacial score (nSPS) is 15.4. The first kappa shape index (κ1) is 25.3. The predicted molar refractivity (Wildman–Crippen MR) is 154 cm³/mol. The summed E-state index contributed by atoms with van der Waals surface area (Å²) in [6.07, 6.45) is 5.02. The number of hydrogen-bond acceptors (Lipinski definition) is 6. The molecule has 4 aromatic rings. The number of piperidine rings is 1. The molecule has 0 aliphatic carbocycles. The Labute approximate surface area is 229 Å². The fourth-order valence-electron chi connectivity index (χ4n) is 5.91. The molecule has 2 aliphatic heterocycles. The number of carbonyl (C=O) groups is 1. The van der Waals surface area contributed by atoms with Crippen LogP contribution in [0.15, 0.2) is 66.9 Å². The fourth-order valence-corrected chi connectivity index (χ4v) is 5.91. The molecular weight excluding hydrogens is 486 g/mol. The Balaban J connectivity index is 1.27. The van der Waals surface area contributed by atoms with Crippen molar-refractivity contribution in [2.75, 3.05) is 31.1 Å². The van der Waals surface area contributed by atoms with Gasteiger partial charge in [-0.15, -0.1) is 0 Å². The molecule has 4 heterocycles. The van der Waals surface area contributed by atoms with E-state index in [4.69, 9.17) is 9.72 Å². The van der Waals surface area contributed by atoms with Gasteiger partial charge in [0.15, 0.2) is 5.82 Å². The van der Waals surface area contributed by atoms with Gasteiger partial charge in [-0.1, -0.05) is 48.5 Å². The first-order valence-corrected chi connectivity index (χ1v) is 14.0. The Bertz CT molecular complexity index is 1470. The molecule has 7 heteroatoms. The molecule has 6 rings (SSSR count). The molecule has 1 saturated heterocycles. The van der Waals surface area contributed by atoms with Crippen LogP contribution in [0, 0.1) is 6.92 Å². The van der Waals surface area contributed by atoms with Crippen LogP contribution < -0.4 is 10.2 Å². The second kappa shape index (κ2) is 11.0. The standard InChI is InChI=1S/C32H35N5O2/c1-3-39-32(38)28-20-34-37(22(28)2)30-9-5-8-29(35-30)27-7-4-6-26-16-19-36(31(26)27)21-23-10-12-24(13-11-23)25-14-17-33-18-15-25/h4-13,20,25,33H,3,14-19,21H2,1-2H3. The maximum atomic E-state index is 12.3. The quantitative estimate of drug-likeness (QED) is 0.326. The summed E-state index contributed by atoms with van der Waals surface area (Å²) in [5.41, 5.74) is 8.59. The summed E-state index contributed by atoms with van der Waals surface area (Å²) in [6.45, 7) is 8.08. The summed E-state index contributed by atoms with van der Waals surface area (Å²) in [5, 5.41) is 7.91. The maximum absolute atomic E-state index is 12.3. The van der Waals surface area contributed by atoms with Crippen molar-refractivity contribution in [2.24, 2.45) is 0 Å². The number of anilines is 1. The van der Waals surface area contributed by atoms with Gasteiger partial charge in [-0.05, 0) is 80.9 Å². The summed E-state index contributed by atoms with van der Waals surface area (Å²) in [5.74, 6) is 0.985. The van der Waals surface area contributed by atoms with Gasteiger partial charge in [0.25, 0.3) is 0 Å². The number of fused-ring (bicyclic) bond motifs is 1. The molecule has 39 heavy (non-hydrogen) atoms. The molecule has 0 unspecified atom stereocenters. The van der Waals surface area contributed by atoms with Crippen molar-refractivity contribution < 1.29 is 9.53 Å². The van der Waals surface area contributed by atoms with Gasteiger partial charge in [-0.3, -0.25) is 0 Å². The van der Waals surface area contributed by atoms with Crippen LogP contribution in [0.4, 0.5) is 5.69 Å². The number of benzene rings is 2. The number of carbonyl (C=O) groups excluding carboxylic acids is 1. The van der Waals surface area contributed by atoms with Crippen LogP contribution in [-0.4, -0.2) is 47.0 Å². The molecule has 0 spiro atoms. The summed E-state index contributed by atoms with van der Waals surface area (Å²) in [6, 6.07) is 21.7. The van der Waals surface area contributed by atoms with Crippen LogP contribution in [-0.2, 0) is 17.7 Å². The second-order valence-corrected chi connectivity index (χ2v) is 10.4. The minimum atomic E-state index is -0.363. The molecule has 0 radical (unpaired) electrons. The van der Waals surface area contributed by atoms with Crippen molar-refractivity contribution >= 4 is 11.7 Å². The lowest BCUT2D eigenvalue weighted by atomic mass is 9.90. The van der Waals surface area contributed by atoms with Gasteiger partial charge < -0.3 is 15.0 Å². The molecule has 0 amide bonds. The Morgan fingerprint density at radius 2 is 1.85 bits per heavy atom. The fraction of sp³-hybridized carbons (Fsp3) is 0.344. The maximum Gasteiger partial charge on any atom is 0.341 e. The largest absolute Gasteiger partial charge is 0.462 e. The summed E-state index contributed by atoms with van der Waals surface area (Å²) < 4.78 is 6.89. The molecular formula is C32H35N5O2. The van der Waals surface area contributed by atoms with E-state index in [1.54, 1.807) is 17.8 Å². The highest BCUT2D eigenvalue weighted by Gasteiger charge is 2.24. The lowest BCUT2D eigenvalue weighted by molar-refractivity contribution is 0.0525. The van der Waals surface area contributed by atoms with E-state index in [2.05, 4.69) is 63.8 Å². The average Bonchev–Trinajstić information content (AvgIpc) is 3.57. The molecule has 1 N–H and O–H groups in total. The number of pyridine rings is 1. The van der Waals surface area contributed by atoms with Gasteiger partial charge in [0, 0.05) is 24.3 Å². The SMILES string of the molecule is CCOC(=O)c1cnn(-c2cccc(-c3cccc4c3N(Cc3ccc(C5CCNCC5)cc3)CC4)n2)c1C. The number of aromatic nitrogens is 3. The molecule has 2 aliphatic rings. The third kappa shape index (κ3) is 5.06. The van der Waals surface area contributed by atoms with Gasteiger partial charge in [0.2, 0.25) is 0 Å². The Hall–Kier alpha value is -3.97. The third-order valence-corrected chi connectivity index (χ3v) is 7.98. The van der Waals surface area contributed by atoms with E-state index in [0.717, 1.165) is 43.9 Å². The van der Waals surface area contributed by atoms with E-state index in [0.29, 0.717) is 29.6 Å². The first-order chi connectivity index (χ1) is 19.1. The zero-order valence-electron chi connectivity index (χ0n) is 22.7.